The van der Waals surface area contributed by atoms with Gasteiger partial charge in [0.05, 0.1) is 18.0 Å². The molecule has 1 fully saturated rings. The molecule has 1 aromatic rings. The summed E-state index contributed by atoms with van der Waals surface area (Å²) >= 11 is 3.48. The van der Waals surface area contributed by atoms with Crippen LogP contribution in [0.5, 0.6) is 0 Å². The average Bonchev–Trinajstić information content (AvgIpc) is 2.62. The van der Waals surface area contributed by atoms with Gasteiger partial charge in [-0.25, -0.2) is 0 Å². The topological polar surface area (TPSA) is 25.4 Å². The molecule has 4 heteroatoms. The minimum atomic E-state index is 0.440. The third-order valence-corrected chi connectivity index (χ3v) is 3.72. The Morgan fingerprint density at radius 3 is 3.06 bits per heavy atom. The van der Waals surface area contributed by atoms with Gasteiger partial charge in [-0.05, 0) is 47.7 Å². The van der Waals surface area contributed by atoms with Gasteiger partial charge in [0.1, 0.15) is 0 Å². The maximum Gasteiger partial charge on any atom is 0.0592 e. The largest absolute Gasteiger partial charge is 0.378 e. The summed E-state index contributed by atoms with van der Waals surface area (Å²) in [6, 6.07) is 2.14. The Bertz CT molecular complexity index is 373. The lowest BCUT2D eigenvalue weighted by atomic mass is 10.2. The molecular formula is C14H21BrN2O. The average molecular weight is 313 g/mol. The highest BCUT2D eigenvalue weighted by Gasteiger charge is 2.17. The van der Waals surface area contributed by atoms with Gasteiger partial charge in [-0.2, -0.15) is 0 Å². The van der Waals surface area contributed by atoms with Crippen LogP contribution in [0.4, 0.5) is 5.69 Å². The number of nitrogens with zero attached hydrogens (tertiary/aromatic N) is 2. The second kappa shape index (κ2) is 7.10. The Labute approximate surface area is 118 Å². The first-order valence-electron chi connectivity index (χ1n) is 6.76. The number of aromatic nitrogens is 1. The van der Waals surface area contributed by atoms with Gasteiger partial charge in [-0.15, -0.1) is 0 Å². The van der Waals surface area contributed by atoms with Crippen molar-refractivity contribution in [2.75, 3.05) is 24.6 Å². The summed E-state index contributed by atoms with van der Waals surface area (Å²) in [6.45, 7) is 5.22. The molecule has 1 aliphatic rings. The third-order valence-electron chi connectivity index (χ3n) is 3.29. The maximum absolute atomic E-state index is 5.87. The van der Waals surface area contributed by atoms with Crippen molar-refractivity contribution in [1.29, 1.82) is 0 Å². The number of pyridine rings is 1. The molecule has 0 amide bonds. The minimum absolute atomic E-state index is 0.440. The summed E-state index contributed by atoms with van der Waals surface area (Å²) < 4.78 is 6.91. The van der Waals surface area contributed by atoms with Crippen molar-refractivity contribution in [3.63, 3.8) is 0 Å². The summed E-state index contributed by atoms with van der Waals surface area (Å²) in [4.78, 5) is 6.65. The molecule has 0 aromatic carbocycles. The van der Waals surface area contributed by atoms with Crippen LogP contribution in [0.25, 0.3) is 0 Å². The molecule has 1 saturated heterocycles. The van der Waals surface area contributed by atoms with Crippen LogP contribution >= 0.6 is 15.9 Å². The van der Waals surface area contributed by atoms with Gasteiger partial charge >= 0.3 is 0 Å². The van der Waals surface area contributed by atoms with E-state index in [2.05, 4.69) is 38.8 Å². The van der Waals surface area contributed by atoms with E-state index in [0.717, 1.165) is 37.0 Å². The molecule has 18 heavy (non-hydrogen) atoms. The highest BCUT2D eigenvalue weighted by Crippen LogP contribution is 2.22. The molecular weight excluding hydrogens is 292 g/mol. The standard InChI is InChI=1S/C14H21BrN2O/c1-2-8-18-14-4-3-6-17(7-5-14)13-9-12(15)10-16-11-13/h9-11,14H,2-8H2,1H3. The summed E-state index contributed by atoms with van der Waals surface area (Å²) in [6.07, 6.45) is 8.81. The lowest BCUT2D eigenvalue weighted by Crippen LogP contribution is -2.25. The molecule has 1 aromatic heterocycles. The molecule has 100 valence electrons. The van der Waals surface area contributed by atoms with Crippen LogP contribution in [0.1, 0.15) is 32.6 Å². The molecule has 1 aliphatic heterocycles. The molecule has 1 atom stereocenters. The van der Waals surface area contributed by atoms with Gasteiger partial charge in [0.25, 0.3) is 0 Å². The van der Waals surface area contributed by atoms with Gasteiger partial charge in [0.2, 0.25) is 0 Å². The number of anilines is 1. The summed E-state index contributed by atoms with van der Waals surface area (Å²) in [5.74, 6) is 0. The van der Waals surface area contributed by atoms with E-state index in [1.54, 1.807) is 0 Å². The Morgan fingerprint density at radius 2 is 2.28 bits per heavy atom. The van der Waals surface area contributed by atoms with E-state index in [-0.39, 0.29) is 0 Å². The van der Waals surface area contributed by atoms with Crippen LogP contribution in [0.15, 0.2) is 22.9 Å². The zero-order valence-corrected chi connectivity index (χ0v) is 12.5. The van der Waals surface area contributed by atoms with Gasteiger partial charge in [0, 0.05) is 30.4 Å². The number of halogens is 1. The monoisotopic (exact) mass is 312 g/mol. The molecule has 2 heterocycles. The molecule has 0 saturated carbocycles. The SMILES string of the molecule is CCCOC1CCCN(c2cncc(Br)c2)CC1. The second-order valence-corrected chi connectivity index (χ2v) is 5.69. The Morgan fingerprint density at radius 1 is 1.39 bits per heavy atom. The predicted octanol–water partition coefficient (Wildman–Crippen LogP) is 3.63. The van der Waals surface area contributed by atoms with Crippen LogP contribution in [-0.2, 0) is 4.74 Å². The number of hydrogen-bond donors (Lipinski definition) is 0. The molecule has 0 aliphatic carbocycles. The van der Waals surface area contributed by atoms with E-state index in [0.29, 0.717) is 6.10 Å². The van der Waals surface area contributed by atoms with Gasteiger partial charge in [0.15, 0.2) is 0 Å². The summed E-state index contributed by atoms with van der Waals surface area (Å²) in [5, 5.41) is 0. The van der Waals surface area contributed by atoms with E-state index in [9.17, 15) is 0 Å². The van der Waals surface area contributed by atoms with Crippen LogP contribution in [0.3, 0.4) is 0 Å². The smallest absolute Gasteiger partial charge is 0.0592 e. The fraction of sp³-hybridized carbons (Fsp3) is 0.643. The minimum Gasteiger partial charge on any atom is -0.378 e. The van der Waals surface area contributed by atoms with Crippen LogP contribution < -0.4 is 4.90 Å². The van der Waals surface area contributed by atoms with Crippen molar-refractivity contribution < 1.29 is 4.74 Å². The van der Waals surface area contributed by atoms with Gasteiger partial charge in [-0.3, -0.25) is 4.98 Å². The predicted molar refractivity (Wildman–Crippen MR) is 78.0 cm³/mol. The lowest BCUT2D eigenvalue weighted by Gasteiger charge is -2.22. The van der Waals surface area contributed by atoms with Gasteiger partial charge < -0.3 is 9.64 Å². The molecule has 1 unspecified atom stereocenters. The third kappa shape index (κ3) is 3.95. The summed E-state index contributed by atoms with van der Waals surface area (Å²) in [5.41, 5.74) is 1.21. The van der Waals surface area contributed by atoms with Crippen LogP contribution in [-0.4, -0.2) is 30.8 Å². The van der Waals surface area contributed by atoms with Crippen molar-refractivity contribution in [1.82, 2.24) is 4.98 Å². The van der Waals surface area contributed by atoms with E-state index < -0.39 is 0 Å². The zero-order chi connectivity index (χ0) is 12.8. The van der Waals surface area contributed by atoms with E-state index >= 15 is 0 Å². The molecule has 0 N–H and O–H groups in total. The fourth-order valence-corrected chi connectivity index (χ4v) is 2.70. The van der Waals surface area contributed by atoms with E-state index in [1.807, 2.05) is 12.4 Å². The molecule has 0 radical (unpaired) electrons. The highest BCUT2D eigenvalue weighted by atomic mass is 79.9. The fourth-order valence-electron chi connectivity index (χ4n) is 2.35. The maximum atomic E-state index is 5.87. The lowest BCUT2D eigenvalue weighted by molar-refractivity contribution is 0.0461. The van der Waals surface area contributed by atoms with Crippen molar-refractivity contribution >= 4 is 21.6 Å². The highest BCUT2D eigenvalue weighted by molar-refractivity contribution is 9.10. The zero-order valence-electron chi connectivity index (χ0n) is 10.9. The Kier molecular flexibility index (Phi) is 5.45. The molecule has 0 spiro atoms. The number of hydrogen-bond acceptors (Lipinski definition) is 3. The van der Waals surface area contributed by atoms with Crippen molar-refractivity contribution in [2.45, 2.75) is 38.7 Å². The molecule has 2 rings (SSSR count). The van der Waals surface area contributed by atoms with Crippen LogP contribution in [0.2, 0.25) is 0 Å². The van der Waals surface area contributed by atoms with Crippen molar-refractivity contribution in [3.05, 3.63) is 22.9 Å². The Hall–Kier alpha value is -0.610. The first-order chi connectivity index (χ1) is 8.79. The number of rotatable bonds is 4. The second-order valence-electron chi connectivity index (χ2n) is 4.77. The normalized spacial score (nSPS) is 20.8. The van der Waals surface area contributed by atoms with Crippen LogP contribution in [0, 0.1) is 0 Å². The first kappa shape index (κ1) is 13.8. The first-order valence-corrected chi connectivity index (χ1v) is 7.56. The van der Waals surface area contributed by atoms with Gasteiger partial charge in [-0.1, -0.05) is 6.92 Å². The molecule has 0 bridgehead atoms. The number of ether oxygens (including phenoxy) is 1. The van der Waals surface area contributed by atoms with Crippen molar-refractivity contribution in [3.8, 4) is 0 Å². The van der Waals surface area contributed by atoms with E-state index in [4.69, 9.17) is 4.74 Å². The van der Waals surface area contributed by atoms with E-state index in [1.165, 1.54) is 18.5 Å². The quantitative estimate of drug-likeness (QED) is 0.849. The molecule has 3 nitrogen and oxygen atoms in total. The summed E-state index contributed by atoms with van der Waals surface area (Å²) in [7, 11) is 0. The Balaban J connectivity index is 1.92. The van der Waals surface area contributed by atoms with Crippen molar-refractivity contribution in [2.24, 2.45) is 0 Å².